The van der Waals surface area contributed by atoms with Crippen molar-refractivity contribution in [3.63, 3.8) is 0 Å². The van der Waals surface area contributed by atoms with E-state index in [1.807, 2.05) is 115 Å². The average molecular weight is 487 g/mol. The summed E-state index contributed by atoms with van der Waals surface area (Å²) in [5, 5.41) is 3.38. The quantitative estimate of drug-likeness (QED) is 0.206. The summed E-state index contributed by atoms with van der Waals surface area (Å²) in [5.74, 6) is 2.31. The Morgan fingerprint density at radius 3 is 1.78 bits per heavy atom. The highest BCUT2D eigenvalue weighted by Crippen LogP contribution is 2.25. The van der Waals surface area contributed by atoms with Crippen molar-refractivity contribution < 1.29 is 14.2 Å². The molecule has 1 N–H and O–H groups in total. The van der Waals surface area contributed by atoms with Crippen molar-refractivity contribution in [2.45, 2.75) is 19.8 Å². The minimum absolute atomic E-state index is 0.470. The molecule has 0 saturated heterocycles. The lowest BCUT2D eigenvalue weighted by Crippen LogP contribution is -1.98. The summed E-state index contributed by atoms with van der Waals surface area (Å²) in [7, 11) is 0. The molecule has 0 aliphatic rings. The maximum absolute atomic E-state index is 6.04. The van der Waals surface area contributed by atoms with Gasteiger partial charge in [-0.15, -0.1) is 0 Å². The predicted octanol–water partition coefficient (Wildman–Crippen LogP) is 7.97. The second-order valence-corrected chi connectivity index (χ2v) is 8.56. The molecule has 0 aromatic heterocycles. The summed E-state index contributed by atoms with van der Waals surface area (Å²) in [6.07, 6.45) is 0. The Balaban J connectivity index is 1.13. The summed E-state index contributed by atoms with van der Waals surface area (Å²) in [6, 6.07) is 45.2. The maximum Gasteiger partial charge on any atom is 0.129 e. The van der Waals surface area contributed by atoms with E-state index in [-0.39, 0.29) is 0 Å². The second kappa shape index (κ2) is 12.3. The average Bonchev–Trinajstić information content (AvgIpc) is 2.96. The van der Waals surface area contributed by atoms with Gasteiger partial charge in [-0.2, -0.15) is 0 Å². The fourth-order valence-corrected chi connectivity index (χ4v) is 3.75. The van der Waals surface area contributed by atoms with Gasteiger partial charge in [0.25, 0.3) is 0 Å². The van der Waals surface area contributed by atoms with E-state index in [2.05, 4.69) is 23.5 Å². The van der Waals surface area contributed by atoms with Crippen LogP contribution in [0.2, 0.25) is 0 Å². The number of anilines is 2. The number of nitrogens with one attached hydrogen (secondary N) is 1. The van der Waals surface area contributed by atoms with Crippen molar-refractivity contribution in [3.05, 3.63) is 150 Å². The Hall–Kier alpha value is -4.70. The molecule has 0 unspecified atom stereocenters. The van der Waals surface area contributed by atoms with Crippen LogP contribution in [0.3, 0.4) is 0 Å². The third kappa shape index (κ3) is 7.39. The largest absolute Gasteiger partial charge is 0.489 e. The normalized spacial score (nSPS) is 10.5. The molecule has 0 heterocycles. The second-order valence-electron chi connectivity index (χ2n) is 8.56. The van der Waals surface area contributed by atoms with E-state index in [0.29, 0.717) is 25.6 Å². The standard InChI is InChI=1S/C33H28NO3/c1-3-9-26(10-4-1)23-35-31-19-17-28(18-20-31)25-37-33-16-8-14-30(22-33)34-29-13-7-15-32(21-29)36-24-27-11-5-2-6-12-27/h1-20,22,34H,23-25H2. The van der Waals surface area contributed by atoms with E-state index < -0.39 is 0 Å². The van der Waals surface area contributed by atoms with Crippen molar-refractivity contribution in [1.29, 1.82) is 0 Å². The zero-order valence-corrected chi connectivity index (χ0v) is 20.5. The van der Waals surface area contributed by atoms with Gasteiger partial charge in [0, 0.05) is 11.8 Å². The van der Waals surface area contributed by atoms with Crippen molar-refractivity contribution in [2.75, 3.05) is 5.32 Å². The number of benzene rings is 5. The highest BCUT2D eigenvalue weighted by atomic mass is 16.5. The third-order valence-electron chi connectivity index (χ3n) is 5.70. The fraction of sp³-hybridized carbons (Fsp3) is 0.0909. The van der Waals surface area contributed by atoms with Gasteiger partial charge in [-0.05, 0) is 53.1 Å². The molecule has 4 heteroatoms. The van der Waals surface area contributed by atoms with Crippen LogP contribution in [0.1, 0.15) is 16.7 Å². The van der Waals surface area contributed by atoms with Crippen LogP contribution in [0, 0.1) is 6.07 Å². The lowest BCUT2D eigenvalue weighted by atomic mass is 10.2. The molecule has 4 nitrogen and oxygen atoms in total. The summed E-state index contributed by atoms with van der Waals surface area (Å²) >= 11 is 0. The van der Waals surface area contributed by atoms with Gasteiger partial charge in [0.1, 0.15) is 37.1 Å². The highest BCUT2D eigenvalue weighted by Gasteiger charge is 2.03. The molecule has 0 amide bonds. The molecule has 0 saturated carbocycles. The van der Waals surface area contributed by atoms with E-state index in [0.717, 1.165) is 39.6 Å². The molecule has 0 spiro atoms. The van der Waals surface area contributed by atoms with E-state index in [4.69, 9.17) is 14.2 Å². The van der Waals surface area contributed by atoms with Crippen molar-refractivity contribution >= 4 is 11.4 Å². The Morgan fingerprint density at radius 2 is 1.08 bits per heavy atom. The minimum atomic E-state index is 0.470. The molecule has 5 aromatic carbocycles. The Labute approximate surface area is 218 Å². The van der Waals surface area contributed by atoms with Crippen LogP contribution in [-0.4, -0.2) is 0 Å². The molecule has 0 fully saturated rings. The van der Waals surface area contributed by atoms with Crippen LogP contribution in [0.4, 0.5) is 11.4 Å². The third-order valence-corrected chi connectivity index (χ3v) is 5.70. The topological polar surface area (TPSA) is 39.7 Å². The molecule has 37 heavy (non-hydrogen) atoms. The van der Waals surface area contributed by atoms with E-state index >= 15 is 0 Å². The Bertz CT molecular complexity index is 1390. The Kier molecular flexibility index (Phi) is 7.99. The first-order chi connectivity index (χ1) is 18.3. The molecule has 1 radical (unpaired) electrons. The monoisotopic (exact) mass is 486 g/mol. The van der Waals surface area contributed by atoms with Crippen molar-refractivity contribution in [2.24, 2.45) is 0 Å². The van der Waals surface area contributed by atoms with Crippen molar-refractivity contribution in [1.82, 2.24) is 0 Å². The van der Waals surface area contributed by atoms with Gasteiger partial charge in [0.15, 0.2) is 0 Å². The number of ether oxygens (including phenoxy) is 3. The molecule has 5 rings (SSSR count). The summed E-state index contributed by atoms with van der Waals surface area (Å²) < 4.78 is 17.8. The minimum Gasteiger partial charge on any atom is -0.489 e. The maximum atomic E-state index is 6.04. The van der Waals surface area contributed by atoms with Crippen molar-refractivity contribution in [3.8, 4) is 17.2 Å². The van der Waals surface area contributed by atoms with Gasteiger partial charge >= 0.3 is 0 Å². The molecule has 0 aliphatic heterocycles. The van der Waals surface area contributed by atoms with Gasteiger partial charge in [-0.25, -0.2) is 0 Å². The van der Waals surface area contributed by atoms with Crippen LogP contribution in [0.25, 0.3) is 0 Å². The SMILES string of the molecule is [c]1c(Nc2cccc(OCc3ccc(OCc4ccccc4)cc3)c2)cccc1OCc1ccccc1. The first-order valence-electron chi connectivity index (χ1n) is 12.2. The van der Waals surface area contributed by atoms with Gasteiger partial charge in [0.05, 0.1) is 11.8 Å². The Morgan fingerprint density at radius 1 is 0.486 bits per heavy atom. The summed E-state index contributed by atoms with van der Waals surface area (Å²) in [6.45, 7) is 1.53. The summed E-state index contributed by atoms with van der Waals surface area (Å²) in [4.78, 5) is 0. The molecule has 0 bridgehead atoms. The summed E-state index contributed by atoms with van der Waals surface area (Å²) in [5.41, 5.74) is 5.08. The van der Waals surface area contributed by atoms with Crippen LogP contribution in [-0.2, 0) is 19.8 Å². The number of hydrogen-bond donors (Lipinski definition) is 1. The zero-order chi connectivity index (χ0) is 25.1. The van der Waals surface area contributed by atoms with Crippen LogP contribution in [0.5, 0.6) is 17.2 Å². The zero-order valence-electron chi connectivity index (χ0n) is 20.5. The van der Waals surface area contributed by atoms with E-state index in [1.165, 1.54) is 0 Å². The predicted molar refractivity (Wildman–Crippen MR) is 147 cm³/mol. The molecule has 183 valence electrons. The molecular formula is C33H28NO3. The molecular weight excluding hydrogens is 458 g/mol. The van der Waals surface area contributed by atoms with Crippen LogP contribution >= 0.6 is 0 Å². The first-order valence-corrected chi connectivity index (χ1v) is 12.2. The lowest BCUT2D eigenvalue weighted by molar-refractivity contribution is 0.301. The van der Waals surface area contributed by atoms with Crippen LogP contribution < -0.4 is 19.5 Å². The van der Waals surface area contributed by atoms with Gasteiger partial charge < -0.3 is 19.5 Å². The van der Waals surface area contributed by atoms with Gasteiger partial charge in [-0.1, -0.05) is 84.9 Å². The van der Waals surface area contributed by atoms with E-state index in [9.17, 15) is 0 Å². The smallest absolute Gasteiger partial charge is 0.129 e. The number of hydrogen-bond acceptors (Lipinski definition) is 4. The lowest BCUT2D eigenvalue weighted by Gasteiger charge is -2.12. The molecule has 0 aliphatic carbocycles. The number of rotatable bonds is 11. The fourth-order valence-electron chi connectivity index (χ4n) is 3.75. The van der Waals surface area contributed by atoms with E-state index in [1.54, 1.807) is 0 Å². The molecule has 0 atom stereocenters. The molecule has 5 aromatic rings. The first kappa shape index (κ1) is 24.0. The van der Waals surface area contributed by atoms with Gasteiger partial charge in [0.2, 0.25) is 0 Å². The van der Waals surface area contributed by atoms with Crippen LogP contribution in [0.15, 0.2) is 127 Å². The highest BCUT2D eigenvalue weighted by molar-refractivity contribution is 5.62. The van der Waals surface area contributed by atoms with Gasteiger partial charge in [-0.3, -0.25) is 0 Å².